The number of carboxylic acid groups (broad SMARTS) is 1. The Labute approximate surface area is 125 Å². The van der Waals surface area contributed by atoms with Crippen LogP contribution in [0.4, 0.5) is 4.79 Å². The van der Waals surface area contributed by atoms with Crippen molar-refractivity contribution in [1.29, 1.82) is 0 Å². The summed E-state index contributed by atoms with van der Waals surface area (Å²) in [6.45, 7) is 6.43. The van der Waals surface area contributed by atoms with Crippen molar-refractivity contribution >= 4 is 12.0 Å². The number of amides is 2. The maximum absolute atomic E-state index is 12.7. The second-order valence-corrected chi connectivity index (χ2v) is 5.77. The first-order chi connectivity index (χ1) is 10.0. The number of rotatable bonds is 4. The molecule has 0 spiro atoms. The lowest BCUT2D eigenvalue weighted by Crippen LogP contribution is -2.53. The zero-order valence-corrected chi connectivity index (χ0v) is 12.7. The van der Waals surface area contributed by atoms with Crippen molar-refractivity contribution < 1.29 is 19.4 Å². The molecular weight excluding hydrogens is 272 g/mol. The normalized spacial score (nSPS) is 25.6. The molecule has 1 N–H and O–H groups in total. The Morgan fingerprint density at radius 1 is 1.48 bits per heavy atom. The highest BCUT2D eigenvalue weighted by Gasteiger charge is 2.40. The summed E-state index contributed by atoms with van der Waals surface area (Å²) in [7, 11) is 0. The highest BCUT2D eigenvalue weighted by molar-refractivity contribution is 5.77. The van der Waals surface area contributed by atoms with Gasteiger partial charge in [-0.15, -0.1) is 0 Å². The van der Waals surface area contributed by atoms with E-state index in [-0.39, 0.29) is 18.7 Å². The van der Waals surface area contributed by atoms with Gasteiger partial charge in [0.1, 0.15) is 5.92 Å². The molecular formula is C15H24N2O4. The molecule has 2 aliphatic rings. The van der Waals surface area contributed by atoms with Crippen LogP contribution in [-0.4, -0.2) is 65.8 Å². The maximum atomic E-state index is 12.7. The monoisotopic (exact) mass is 296 g/mol. The molecule has 6 nitrogen and oxygen atoms in total. The molecule has 6 heteroatoms. The van der Waals surface area contributed by atoms with Crippen molar-refractivity contribution in [2.75, 3.05) is 32.8 Å². The summed E-state index contributed by atoms with van der Waals surface area (Å²) < 4.78 is 5.31. The van der Waals surface area contributed by atoms with E-state index in [2.05, 4.69) is 13.0 Å². The number of carbonyl (C=O) groups is 2. The molecule has 0 aromatic heterocycles. The summed E-state index contributed by atoms with van der Waals surface area (Å²) in [5.74, 6) is -1.51. The molecule has 0 aromatic rings. The van der Waals surface area contributed by atoms with Gasteiger partial charge in [-0.3, -0.25) is 4.79 Å². The first-order valence-electron chi connectivity index (χ1n) is 7.56. The van der Waals surface area contributed by atoms with Gasteiger partial charge in [0.25, 0.3) is 0 Å². The van der Waals surface area contributed by atoms with Gasteiger partial charge in [0, 0.05) is 19.6 Å². The highest BCUT2D eigenvalue weighted by Crippen LogP contribution is 2.23. The van der Waals surface area contributed by atoms with Crippen LogP contribution in [0.15, 0.2) is 11.6 Å². The molecule has 1 fully saturated rings. The Bertz CT molecular complexity index is 435. The van der Waals surface area contributed by atoms with Crippen LogP contribution in [0.1, 0.15) is 26.7 Å². The van der Waals surface area contributed by atoms with E-state index in [4.69, 9.17) is 4.74 Å². The van der Waals surface area contributed by atoms with Crippen LogP contribution in [0, 0.1) is 5.92 Å². The number of hydrogen-bond donors (Lipinski definition) is 1. The molecule has 0 aliphatic carbocycles. The van der Waals surface area contributed by atoms with Crippen molar-refractivity contribution in [3.8, 4) is 0 Å². The van der Waals surface area contributed by atoms with Crippen LogP contribution >= 0.6 is 0 Å². The van der Waals surface area contributed by atoms with Gasteiger partial charge in [-0.05, 0) is 19.8 Å². The molecule has 1 saturated heterocycles. The van der Waals surface area contributed by atoms with Gasteiger partial charge in [-0.1, -0.05) is 18.6 Å². The van der Waals surface area contributed by atoms with Crippen molar-refractivity contribution in [3.63, 3.8) is 0 Å². The van der Waals surface area contributed by atoms with Crippen LogP contribution in [0.2, 0.25) is 0 Å². The molecule has 0 bridgehead atoms. The summed E-state index contributed by atoms with van der Waals surface area (Å²) >= 11 is 0. The SMILES string of the molecule is CCCN(C(=O)N1CC=C(C)CC1)C1COCC1C(=O)O. The predicted molar refractivity (Wildman–Crippen MR) is 78.1 cm³/mol. The summed E-state index contributed by atoms with van der Waals surface area (Å²) in [4.78, 5) is 27.5. The first-order valence-corrected chi connectivity index (χ1v) is 7.56. The minimum Gasteiger partial charge on any atom is -0.481 e. The van der Waals surface area contributed by atoms with Crippen LogP contribution in [-0.2, 0) is 9.53 Å². The molecule has 2 atom stereocenters. The van der Waals surface area contributed by atoms with E-state index >= 15 is 0 Å². The van der Waals surface area contributed by atoms with Crippen LogP contribution in [0.3, 0.4) is 0 Å². The van der Waals surface area contributed by atoms with Gasteiger partial charge in [-0.2, -0.15) is 0 Å². The van der Waals surface area contributed by atoms with E-state index in [9.17, 15) is 14.7 Å². The quantitative estimate of drug-likeness (QED) is 0.799. The van der Waals surface area contributed by atoms with Crippen molar-refractivity contribution in [1.82, 2.24) is 9.80 Å². The van der Waals surface area contributed by atoms with Gasteiger partial charge in [0.15, 0.2) is 0 Å². The Hall–Kier alpha value is -1.56. The fourth-order valence-corrected chi connectivity index (χ4v) is 2.86. The standard InChI is InChI=1S/C15H24N2O4/c1-3-6-17(13-10-21-9-12(13)14(18)19)15(20)16-7-4-11(2)5-8-16/h4,12-13H,3,5-10H2,1-2H3,(H,18,19). The summed E-state index contributed by atoms with van der Waals surface area (Å²) in [5.41, 5.74) is 1.30. The molecule has 0 radical (unpaired) electrons. The van der Waals surface area contributed by atoms with E-state index in [1.54, 1.807) is 9.80 Å². The average molecular weight is 296 g/mol. The Kier molecular flexibility index (Phi) is 5.22. The van der Waals surface area contributed by atoms with Gasteiger partial charge in [-0.25, -0.2) is 4.79 Å². The summed E-state index contributed by atoms with van der Waals surface area (Å²) in [6.07, 6.45) is 3.75. The van der Waals surface area contributed by atoms with Gasteiger partial charge in [0.2, 0.25) is 0 Å². The third-order valence-corrected chi connectivity index (χ3v) is 4.18. The van der Waals surface area contributed by atoms with E-state index in [1.807, 2.05) is 6.92 Å². The van der Waals surface area contributed by atoms with Crippen LogP contribution in [0.5, 0.6) is 0 Å². The Balaban J connectivity index is 2.10. The summed E-state index contributed by atoms with van der Waals surface area (Å²) in [6, 6.07) is -0.427. The fraction of sp³-hybridized carbons (Fsp3) is 0.733. The summed E-state index contributed by atoms with van der Waals surface area (Å²) in [5, 5.41) is 9.29. The zero-order valence-electron chi connectivity index (χ0n) is 12.7. The molecule has 2 rings (SSSR count). The number of hydrogen-bond acceptors (Lipinski definition) is 3. The number of carbonyl (C=O) groups excluding carboxylic acids is 1. The lowest BCUT2D eigenvalue weighted by atomic mass is 10.0. The molecule has 0 aromatic carbocycles. The highest BCUT2D eigenvalue weighted by atomic mass is 16.5. The number of urea groups is 1. The largest absolute Gasteiger partial charge is 0.481 e. The molecule has 0 saturated carbocycles. The third-order valence-electron chi connectivity index (χ3n) is 4.18. The number of carboxylic acids is 1. The fourth-order valence-electron chi connectivity index (χ4n) is 2.86. The van der Waals surface area contributed by atoms with Gasteiger partial charge in [0.05, 0.1) is 19.3 Å². The first kappa shape index (κ1) is 15.8. The van der Waals surface area contributed by atoms with Crippen LogP contribution < -0.4 is 0 Å². The minimum atomic E-state index is -0.888. The van der Waals surface area contributed by atoms with Crippen molar-refractivity contribution in [2.24, 2.45) is 5.92 Å². The minimum absolute atomic E-state index is 0.0673. The number of aliphatic carboxylic acids is 1. The number of ether oxygens (including phenoxy) is 1. The van der Waals surface area contributed by atoms with Gasteiger partial charge >= 0.3 is 12.0 Å². The average Bonchev–Trinajstić information content (AvgIpc) is 2.94. The molecule has 2 amide bonds. The van der Waals surface area contributed by atoms with E-state index in [0.29, 0.717) is 26.2 Å². The molecule has 21 heavy (non-hydrogen) atoms. The van der Waals surface area contributed by atoms with E-state index < -0.39 is 11.9 Å². The van der Waals surface area contributed by atoms with E-state index in [1.165, 1.54) is 5.57 Å². The van der Waals surface area contributed by atoms with Crippen molar-refractivity contribution in [3.05, 3.63) is 11.6 Å². The lowest BCUT2D eigenvalue weighted by molar-refractivity contribution is -0.142. The predicted octanol–water partition coefficient (Wildman–Crippen LogP) is 1.57. The van der Waals surface area contributed by atoms with Crippen LogP contribution in [0.25, 0.3) is 0 Å². The second kappa shape index (κ2) is 6.93. The third kappa shape index (κ3) is 3.56. The lowest BCUT2D eigenvalue weighted by Gasteiger charge is -2.36. The topological polar surface area (TPSA) is 70.1 Å². The van der Waals surface area contributed by atoms with Crippen molar-refractivity contribution in [2.45, 2.75) is 32.7 Å². The maximum Gasteiger partial charge on any atom is 0.320 e. The second-order valence-electron chi connectivity index (χ2n) is 5.77. The number of nitrogens with zero attached hydrogens (tertiary/aromatic N) is 2. The molecule has 2 unspecified atom stereocenters. The molecule has 2 heterocycles. The van der Waals surface area contributed by atoms with E-state index in [0.717, 1.165) is 12.8 Å². The molecule has 118 valence electrons. The Morgan fingerprint density at radius 2 is 2.24 bits per heavy atom. The van der Waals surface area contributed by atoms with Gasteiger partial charge < -0.3 is 19.6 Å². The zero-order chi connectivity index (χ0) is 15.4. The molecule has 2 aliphatic heterocycles. The smallest absolute Gasteiger partial charge is 0.320 e. The Morgan fingerprint density at radius 3 is 2.81 bits per heavy atom.